The number of nitrogens with one attached hydrogen (secondary N) is 1. The van der Waals surface area contributed by atoms with E-state index in [0.29, 0.717) is 13.1 Å². The normalized spacial score (nSPS) is 17.8. The molecule has 0 atom stereocenters. The van der Waals surface area contributed by atoms with Crippen LogP contribution in [0.15, 0.2) is 23.1 Å². The zero-order valence-corrected chi connectivity index (χ0v) is 14.1. The molecule has 8 heteroatoms. The number of benzene rings is 1. The number of likely N-dealkylation sites (N-methyl/N-ethyl adjacent to an activating group) is 1. The first kappa shape index (κ1) is 17.6. The summed E-state index contributed by atoms with van der Waals surface area (Å²) in [5.74, 6) is -0.663. The molecule has 0 radical (unpaired) electrons. The van der Waals surface area contributed by atoms with Crippen LogP contribution < -0.4 is 4.72 Å². The molecule has 1 fully saturated rings. The third-order valence-corrected chi connectivity index (χ3v) is 5.44. The van der Waals surface area contributed by atoms with Crippen molar-refractivity contribution in [3.63, 3.8) is 0 Å². The average molecular weight is 350 g/mol. The van der Waals surface area contributed by atoms with Crippen LogP contribution in [0.4, 0.5) is 4.39 Å². The Morgan fingerprint density at radius 1 is 1.18 bits per heavy atom. The topological polar surface area (TPSA) is 52.6 Å². The Morgan fingerprint density at radius 2 is 1.82 bits per heavy atom. The Hall–Kier alpha value is -0.730. The van der Waals surface area contributed by atoms with E-state index in [-0.39, 0.29) is 9.92 Å². The Bertz CT molecular complexity index is 584. The van der Waals surface area contributed by atoms with Gasteiger partial charge in [-0.1, -0.05) is 18.5 Å². The molecule has 0 saturated carbocycles. The smallest absolute Gasteiger partial charge is 0.240 e. The SMILES string of the molecule is CCN1CCN(CCNS(=O)(=O)c2cc(F)cc(Cl)c2)CC1. The third kappa shape index (κ3) is 4.89. The van der Waals surface area contributed by atoms with Crippen molar-refractivity contribution in [3.05, 3.63) is 29.0 Å². The number of halogens is 2. The van der Waals surface area contributed by atoms with E-state index in [9.17, 15) is 12.8 Å². The molecular formula is C14H21ClFN3O2S. The lowest BCUT2D eigenvalue weighted by molar-refractivity contribution is 0.139. The fraction of sp³-hybridized carbons (Fsp3) is 0.571. The van der Waals surface area contributed by atoms with Gasteiger partial charge in [-0.05, 0) is 24.7 Å². The van der Waals surface area contributed by atoms with E-state index in [1.165, 1.54) is 6.07 Å². The molecule has 0 bridgehead atoms. The molecule has 1 aromatic carbocycles. The van der Waals surface area contributed by atoms with Crippen LogP contribution in [0.5, 0.6) is 0 Å². The van der Waals surface area contributed by atoms with Crippen molar-refractivity contribution in [2.75, 3.05) is 45.8 Å². The Balaban J connectivity index is 1.85. The fourth-order valence-electron chi connectivity index (χ4n) is 2.43. The van der Waals surface area contributed by atoms with Gasteiger partial charge < -0.3 is 4.90 Å². The standard InChI is InChI=1S/C14H21ClFN3O2S/c1-2-18-5-7-19(8-6-18)4-3-17-22(20,21)14-10-12(15)9-13(16)11-14/h9-11,17H,2-8H2,1H3. The van der Waals surface area contributed by atoms with Crippen LogP contribution in [0.3, 0.4) is 0 Å². The molecule has 1 heterocycles. The maximum atomic E-state index is 13.3. The largest absolute Gasteiger partial charge is 0.301 e. The summed E-state index contributed by atoms with van der Waals surface area (Å²) in [6.07, 6.45) is 0. The van der Waals surface area contributed by atoms with E-state index < -0.39 is 15.8 Å². The second-order valence-corrected chi connectivity index (χ2v) is 7.48. The molecule has 1 saturated heterocycles. The monoisotopic (exact) mass is 349 g/mol. The van der Waals surface area contributed by atoms with Crippen LogP contribution in [0.1, 0.15) is 6.92 Å². The van der Waals surface area contributed by atoms with Gasteiger partial charge in [-0.15, -0.1) is 0 Å². The van der Waals surface area contributed by atoms with Gasteiger partial charge in [0.15, 0.2) is 0 Å². The molecule has 0 aromatic heterocycles. The molecule has 0 spiro atoms. The first-order valence-corrected chi connectivity index (χ1v) is 9.17. The Kier molecular flexibility index (Phi) is 6.17. The zero-order chi connectivity index (χ0) is 16.2. The summed E-state index contributed by atoms with van der Waals surface area (Å²) in [7, 11) is -3.73. The van der Waals surface area contributed by atoms with Gasteiger partial charge in [-0.2, -0.15) is 0 Å². The van der Waals surface area contributed by atoms with Gasteiger partial charge in [-0.25, -0.2) is 17.5 Å². The van der Waals surface area contributed by atoms with E-state index >= 15 is 0 Å². The lowest BCUT2D eigenvalue weighted by Gasteiger charge is -2.33. The number of rotatable bonds is 6. The van der Waals surface area contributed by atoms with Gasteiger partial charge >= 0.3 is 0 Å². The maximum Gasteiger partial charge on any atom is 0.240 e. The predicted octanol–water partition coefficient (Wildman–Crippen LogP) is 1.39. The van der Waals surface area contributed by atoms with E-state index in [1.807, 2.05) is 0 Å². The van der Waals surface area contributed by atoms with Crippen molar-refractivity contribution in [2.45, 2.75) is 11.8 Å². The zero-order valence-electron chi connectivity index (χ0n) is 12.6. The van der Waals surface area contributed by atoms with E-state index in [2.05, 4.69) is 21.4 Å². The first-order valence-electron chi connectivity index (χ1n) is 7.31. The van der Waals surface area contributed by atoms with Crippen LogP contribution in [-0.4, -0.2) is 64.0 Å². The summed E-state index contributed by atoms with van der Waals surface area (Å²) in [6.45, 7) is 7.98. The summed E-state index contributed by atoms with van der Waals surface area (Å²) in [4.78, 5) is 4.43. The van der Waals surface area contributed by atoms with Crippen molar-refractivity contribution >= 4 is 21.6 Å². The van der Waals surface area contributed by atoms with Crippen LogP contribution in [-0.2, 0) is 10.0 Å². The Labute approximate surface area is 136 Å². The molecule has 124 valence electrons. The van der Waals surface area contributed by atoms with Gasteiger partial charge in [0.2, 0.25) is 10.0 Å². The van der Waals surface area contributed by atoms with Crippen LogP contribution in [0.2, 0.25) is 5.02 Å². The predicted molar refractivity (Wildman–Crippen MR) is 85.2 cm³/mol. The molecule has 1 aliphatic heterocycles. The van der Waals surface area contributed by atoms with Crippen molar-refractivity contribution in [3.8, 4) is 0 Å². The number of nitrogens with zero attached hydrogens (tertiary/aromatic N) is 2. The highest BCUT2D eigenvalue weighted by Gasteiger charge is 2.18. The molecule has 5 nitrogen and oxygen atoms in total. The molecule has 1 aliphatic rings. The molecular weight excluding hydrogens is 329 g/mol. The van der Waals surface area contributed by atoms with Gasteiger partial charge in [-0.3, -0.25) is 4.90 Å². The van der Waals surface area contributed by atoms with Crippen molar-refractivity contribution < 1.29 is 12.8 Å². The lowest BCUT2D eigenvalue weighted by Crippen LogP contribution is -2.48. The maximum absolute atomic E-state index is 13.3. The van der Waals surface area contributed by atoms with E-state index in [1.54, 1.807) is 0 Å². The molecule has 1 aromatic rings. The number of hydrogen-bond acceptors (Lipinski definition) is 4. The number of hydrogen-bond donors (Lipinski definition) is 1. The van der Waals surface area contributed by atoms with Gasteiger partial charge in [0.05, 0.1) is 4.90 Å². The summed E-state index contributed by atoms with van der Waals surface area (Å²) in [5.41, 5.74) is 0. The molecule has 1 N–H and O–H groups in total. The summed E-state index contributed by atoms with van der Waals surface area (Å²) in [5, 5.41) is 0.0658. The van der Waals surface area contributed by atoms with Crippen LogP contribution in [0, 0.1) is 5.82 Å². The quantitative estimate of drug-likeness (QED) is 0.843. The van der Waals surface area contributed by atoms with Crippen LogP contribution in [0.25, 0.3) is 0 Å². The molecule has 22 heavy (non-hydrogen) atoms. The molecule has 0 aliphatic carbocycles. The molecule has 0 unspecified atom stereocenters. The highest BCUT2D eigenvalue weighted by atomic mass is 35.5. The van der Waals surface area contributed by atoms with E-state index in [4.69, 9.17) is 11.6 Å². The van der Waals surface area contributed by atoms with Crippen molar-refractivity contribution in [2.24, 2.45) is 0 Å². The fourth-order valence-corrected chi connectivity index (χ4v) is 3.80. The lowest BCUT2D eigenvalue weighted by atomic mass is 10.3. The van der Waals surface area contributed by atoms with Gasteiger partial charge in [0.1, 0.15) is 5.82 Å². The number of piperazine rings is 1. The third-order valence-electron chi connectivity index (χ3n) is 3.78. The minimum atomic E-state index is -3.73. The van der Waals surface area contributed by atoms with Gasteiger partial charge in [0.25, 0.3) is 0 Å². The highest BCUT2D eigenvalue weighted by Crippen LogP contribution is 2.17. The van der Waals surface area contributed by atoms with E-state index in [0.717, 1.165) is 44.9 Å². The first-order chi connectivity index (χ1) is 10.4. The molecule has 2 rings (SSSR count). The minimum absolute atomic E-state index is 0.0658. The summed E-state index contributed by atoms with van der Waals surface area (Å²) >= 11 is 5.69. The second kappa shape index (κ2) is 7.70. The molecule has 0 amide bonds. The van der Waals surface area contributed by atoms with Crippen LogP contribution >= 0.6 is 11.6 Å². The number of sulfonamides is 1. The van der Waals surface area contributed by atoms with Gasteiger partial charge in [0, 0.05) is 44.3 Å². The summed E-state index contributed by atoms with van der Waals surface area (Å²) < 4.78 is 40.0. The average Bonchev–Trinajstić information content (AvgIpc) is 2.47. The van der Waals surface area contributed by atoms with Crippen molar-refractivity contribution in [1.82, 2.24) is 14.5 Å². The van der Waals surface area contributed by atoms with Crippen molar-refractivity contribution in [1.29, 1.82) is 0 Å². The Morgan fingerprint density at radius 3 is 2.41 bits per heavy atom. The highest BCUT2D eigenvalue weighted by molar-refractivity contribution is 7.89. The minimum Gasteiger partial charge on any atom is -0.301 e. The summed E-state index contributed by atoms with van der Waals surface area (Å²) in [6, 6.07) is 3.29. The second-order valence-electron chi connectivity index (χ2n) is 5.28.